The molecule has 4 N–H and O–H groups in total. The van der Waals surface area contributed by atoms with Crippen molar-refractivity contribution in [3.63, 3.8) is 0 Å². The topological polar surface area (TPSA) is 139 Å². The second-order valence-corrected chi connectivity index (χ2v) is 8.28. The third kappa shape index (κ3) is 6.64. The third-order valence-electron chi connectivity index (χ3n) is 5.61. The average molecular weight is 464 g/mol. The zero-order valence-corrected chi connectivity index (χ0v) is 19.5. The predicted molar refractivity (Wildman–Crippen MR) is 135 cm³/mol. The van der Waals surface area contributed by atoms with E-state index in [1.165, 1.54) is 30.0 Å². The standard InChI is InChI=1S/C25H31N7O2.H2/c1-17(15-34-2)32(16-27)25(28)22-4-3-5-23(30-22)31-24(33)11-9-18(12-13-26)20-8-10-21(29-14-20)19-6-7-19;/h3-5,8-11,13-14,16-19,26-28H,6-7,12,15H2,1-2H3,(H,30,31,33);1H/b11-9+,26-13?,27-16?,28-25?;/t17-,18?;/m0./s1. The van der Waals surface area contributed by atoms with Crippen LogP contribution in [0.5, 0.6) is 0 Å². The number of ether oxygens (including phenoxy) is 1. The monoisotopic (exact) mass is 463 g/mol. The van der Waals surface area contributed by atoms with E-state index in [1.807, 2.05) is 25.3 Å². The molecule has 1 aliphatic carbocycles. The highest BCUT2D eigenvalue weighted by atomic mass is 16.5. The maximum Gasteiger partial charge on any atom is 0.249 e. The van der Waals surface area contributed by atoms with Crippen molar-refractivity contribution in [3.05, 3.63) is 65.6 Å². The van der Waals surface area contributed by atoms with E-state index < -0.39 is 0 Å². The summed E-state index contributed by atoms with van der Waals surface area (Å²) in [6.07, 6.45) is 10.3. The number of hydrogen-bond donors (Lipinski definition) is 4. The van der Waals surface area contributed by atoms with Crippen LogP contribution in [0.2, 0.25) is 0 Å². The number of rotatable bonds is 12. The van der Waals surface area contributed by atoms with Gasteiger partial charge in [0.05, 0.1) is 19.0 Å². The number of allylic oxidation sites excluding steroid dienone is 1. The van der Waals surface area contributed by atoms with Crippen LogP contribution in [0.3, 0.4) is 0 Å². The van der Waals surface area contributed by atoms with Gasteiger partial charge < -0.3 is 20.4 Å². The predicted octanol–water partition coefficient (Wildman–Crippen LogP) is 4.19. The van der Waals surface area contributed by atoms with Crippen molar-refractivity contribution >= 4 is 30.1 Å². The Bertz CT molecular complexity index is 1050. The molecule has 2 heterocycles. The summed E-state index contributed by atoms with van der Waals surface area (Å²) < 4.78 is 5.12. The van der Waals surface area contributed by atoms with E-state index in [4.69, 9.17) is 21.0 Å². The van der Waals surface area contributed by atoms with Gasteiger partial charge in [-0.3, -0.25) is 20.6 Å². The summed E-state index contributed by atoms with van der Waals surface area (Å²) in [5, 5.41) is 26.3. The molecule has 2 aromatic rings. The SMILES string of the molecule is COC[C@H](C)N(C=N)C(=N)c1cccc(NC(=O)/C=C/C(CC=N)c2ccc(C3CC3)nc2)n1.[HH]. The normalized spacial score (nSPS) is 14.9. The molecule has 0 spiro atoms. The van der Waals surface area contributed by atoms with Crippen molar-refractivity contribution in [2.24, 2.45) is 0 Å². The zero-order chi connectivity index (χ0) is 24.5. The molecule has 34 heavy (non-hydrogen) atoms. The highest BCUT2D eigenvalue weighted by molar-refractivity contribution is 6.02. The molecule has 2 aromatic heterocycles. The van der Waals surface area contributed by atoms with Crippen LogP contribution in [0, 0.1) is 16.2 Å². The Morgan fingerprint density at radius 3 is 2.74 bits per heavy atom. The molecular weight excluding hydrogens is 430 g/mol. The first-order chi connectivity index (χ1) is 16.5. The Hall–Kier alpha value is -3.72. The molecule has 0 bridgehead atoms. The lowest BCUT2D eigenvalue weighted by atomic mass is 9.96. The summed E-state index contributed by atoms with van der Waals surface area (Å²) in [5.74, 6) is 0.445. The maximum atomic E-state index is 12.5. The third-order valence-corrected chi connectivity index (χ3v) is 5.61. The van der Waals surface area contributed by atoms with Crippen LogP contribution >= 0.6 is 0 Å². The van der Waals surface area contributed by atoms with Crippen molar-refractivity contribution in [2.45, 2.75) is 44.1 Å². The van der Waals surface area contributed by atoms with Gasteiger partial charge >= 0.3 is 0 Å². The molecule has 3 rings (SSSR count). The summed E-state index contributed by atoms with van der Waals surface area (Å²) in [6, 6.07) is 8.84. The van der Waals surface area contributed by atoms with Gasteiger partial charge in [0.1, 0.15) is 11.5 Å². The fourth-order valence-electron chi connectivity index (χ4n) is 3.58. The molecule has 9 heteroatoms. The minimum atomic E-state index is -0.356. The van der Waals surface area contributed by atoms with Crippen LogP contribution in [0.15, 0.2) is 48.7 Å². The van der Waals surface area contributed by atoms with Crippen LogP contribution in [-0.4, -0.2) is 58.9 Å². The van der Waals surface area contributed by atoms with Gasteiger partial charge in [-0.25, -0.2) is 4.98 Å². The van der Waals surface area contributed by atoms with Crippen LogP contribution in [0.1, 0.15) is 56.4 Å². The van der Waals surface area contributed by atoms with Gasteiger partial charge in [-0.15, -0.1) is 0 Å². The van der Waals surface area contributed by atoms with Gasteiger partial charge in [0, 0.05) is 32.3 Å². The minimum absolute atomic E-state index is 0. The Balaban J connectivity index is 0.00000432. The smallest absolute Gasteiger partial charge is 0.249 e. The number of carbonyl (C=O) groups excluding carboxylic acids is 1. The van der Waals surface area contributed by atoms with Crippen LogP contribution in [0.4, 0.5) is 5.82 Å². The number of carbonyl (C=O) groups is 1. The van der Waals surface area contributed by atoms with E-state index in [1.54, 1.807) is 31.4 Å². The molecule has 1 saturated carbocycles. The lowest BCUT2D eigenvalue weighted by molar-refractivity contribution is -0.111. The van der Waals surface area contributed by atoms with Crippen molar-refractivity contribution in [1.82, 2.24) is 14.9 Å². The van der Waals surface area contributed by atoms with Gasteiger partial charge in [0.25, 0.3) is 0 Å². The summed E-state index contributed by atoms with van der Waals surface area (Å²) in [5.41, 5.74) is 2.40. The number of amidine groups is 1. The van der Waals surface area contributed by atoms with Crippen molar-refractivity contribution < 1.29 is 11.0 Å². The van der Waals surface area contributed by atoms with Gasteiger partial charge in [-0.05, 0) is 62.2 Å². The lowest BCUT2D eigenvalue weighted by Gasteiger charge is -2.26. The van der Waals surface area contributed by atoms with E-state index >= 15 is 0 Å². The summed E-state index contributed by atoms with van der Waals surface area (Å²) in [4.78, 5) is 22.9. The first kappa shape index (κ1) is 24.9. The summed E-state index contributed by atoms with van der Waals surface area (Å²) in [6.45, 7) is 2.20. The average Bonchev–Trinajstić information content (AvgIpc) is 3.68. The lowest BCUT2D eigenvalue weighted by Crippen LogP contribution is -2.40. The minimum Gasteiger partial charge on any atom is -0.383 e. The molecular formula is C25H33N7O2. The fraction of sp³-hybridized carbons (Fsp3) is 0.360. The molecule has 1 amide bonds. The number of amides is 1. The number of anilines is 1. The molecule has 0 radical (unpaired) electrons. The Morgan fingerprint density at radius 1 is 1.32 bits per heavy atom. The van der Waals surface area contributed by atoms with Crippen LogP contribution < -0.4 is 5.32 Å². The molecule has 1 fully saturated rings. The molecule has 2 atom stereocenters. The molecule has 1 aliphatic rings. The quantitative estimate of drug-likeness (QED) is 0.212. The van der Waals surface area contributed by atoms with Gasteiger partial charge in [-0.2, -0.15) is 0 Å². The second kappa shape index (κ2) is 11.9. The Kier molecular flexibility index (Phi) is 8.75. The molecule has 0 aromatic carbocycles. The highest BCUT2D eigenvalue weighted by Crippen LogP contribution is 2.39. The first-order valence-electron chi connectivity index (χ1n) is 11.2. The van der Waals surface area contributed by atoms with E-state index in [0.29, 0.717) is 30.5 Å². The number of nitrogens with zero attached hydrogens (tertiary/aromatic N) is 3. The maximum absolute atomic E-state index is 12.5. The van der Waals surface area contributed by atoms with Gasteiger partial charge in [-0.1, -0.05) is 18.2 Å². The van der Waals surface area contributed by atoms with E-state index in [2.05, 4.69) is 15.3 Å². The number of methoxy groups -OCH3 is 1. The fourth-order valence-corrected chi connectivity index (χ4v) is 3.58. The van der Waals surface area contributed by atoms with Crippen molar-refractivity contribution in [2.75, 3.05) is 19.0 Å². The van der Waals surface area contributed by atoms with Gasteiger partial charge in [0.2, 0.25) is 5.91 Å². The molecule has 0 aliphatic heterocycles. The summed E-state index contributed by atoms with van der Waals surface area (Å²) >= 11 is 0. The van der Waals surface area contributed by atoms with Crippen LogP contribution in [-0.2, 0) is 9.53 Å². The van der Waals surface area contributed by atoms with Crippen molar-refractivity contribution in [1.29, 1.82) is 16.2 Å². The Morgan fingerprint density at radius 2 is 2.12 bits per heavy atom. The highest BCUT2D eigenvalue weighted by Gasteiger charge is 2.24. The van der Waals surface area contributed by atoms with E-state index in [-0.39, 0.29) is 25.1 Å². The molecule has 180 valence electrons. The number of pyridine rings is 2. The number of nitrogens with one attached hydrogen (secondary N) is 4. The van der Waals surface area contributed by atoms with E-state index in [9.17, 15) is 4.79 Å². The first-order valence-corrected chi connectivity index (χ1v) is 11.2. The van der Waals surface area contributed by atoms with Gasteiger partial charge in [0.15, 0.2) is 5.84 Å². The molecule has 1 unspecified atom stereocenters. The van der Waals surface area contributed by atoms with E-state index in [0.717, 1.165) is 17.6 Å². The summed E-state index contributed by atoms with van der Waals surface area (Å²) in [7, 11) is 1.57. The number of hydrogen-bond acceptors (Lipinski definition) is 7. The van der Waals surface area contributed by atoms with Crippen LogP contribution in [0.25, 0.3) is 0 Å². The second-order valence-electron chi connectivity index (χ2n) is 8.28. The zero-order valence-electron chi connectivity index (χ0n) is 19.5. The molecule has 0 saturated heterocycles. The van der Waals surface area contributed by atoms with Crippen molar-refractivity contribution in [3.8, 4) is 0 Å². The number of aromatic nitrogens is 2. The largest absolute Gasteiger partial charge is 0.383 e. The Labute approximate surface area is 201 Å². The molecule has 9 nitrogen and oxygen atoms in total.